The monoisotopic (exact) mass is 260 g/mol. The third-order valence-corrected chi connectivity index (χ3v) is 4.96. The van der Waals surface area contributed by atoms with Gasteiger partial charge in [0.1, 0.15) is 0 Å². The summed E-state index contributed by atoms with van der Waals surface area (Å²) in [5, 5.41) is 0.277. The molecule has 0 aliphatic carbocycles. The molecule has 3 nitrogen and oxygen atoms in total. The molecule has 0 saturated heterocycles. The van der Waals surface area contributed by atoms with Crippen LogP contribution in [-0.2, 0) is 0 Å². The summed E-state index contributed by atoms with van der Waals surface area (Å²) in [6.45, 7) is 0. The van der Waals surface area contributed by atoms with Crippen LogP contribution in [0.2, 0.25) is 0 Å². The fraction of sp³-hybridized carbons (Fsp3) is 0. The van der Waals surface area contributed by atoms with Crippen molar-refractivity contribution in [2.24, 2.45) is 0 Å². The molecule has 3 N–H and O–H groups in total. The van der Waals surface area contributed by atoms with Gasteiger partial charge in [0, 0.05) is 0 Å². The standard InChI is InChI=1S/C12H13O3P.Na.H/c13-16(14,15,11-7-3-1-4-8-11)12-9-5-2-6-10-12;;/h1-10,13-15H;;/q;+1;-1. The molecule has 0 radical (unpaired) electrons. The maximum absolute atomic E-state index is 10.2. The number of hydrogen-bond donors (Lipinski definition) is 3. The second-order valence-corrected chi connectivity index (χ2v) is 6.64. The summed E-state index contributed by atoms with van der Waals surface area (Å²) in [5.41, 5.74) is 0. The van der Waals surface area contributed by atoms with Crippen LogP contribution in [0.25, 0.3) is 0 Å². The fourth-order valence-electron chi connectivity index (χ4n) is 1.55. The molecular weight excluding hydrogens is 246 g/mol. The van der Waals surface area contributed by atoms with Crippen molar-refractivity contribution in [3.63, 3.8) is 0 Å². The third kappa shape index (κ3) is 2.95. The minimum Gasteiger partial charge on any atom is -1.00 e. The average Bonchev–Trinajstić information content (AvgIpc) is 2.31. The minimum atomic E-state index is -4.93. The van der Waals surface area contributed by atoms with Gasteiger partial charge in [0.15, 0.2) is 0 Å². The molecular formula is C12H14NaO3P. The Balaban J connectivity index is 0.00000144. The van der Waals surface area contributed by atoms with E-state index in [-0.39, 0.29) is 41.6 Å². The maximum Gasteiger partial charge on any atom is 1.00 e. The van der Waals surface area contributed by atoms with E-state index in [9.17, 15) is 14.7 Å². The number of rotatable bonds is 2. The van der Waals surface area contributed by atoms with Gasteiger partial charge in [-0.15, -0.1) is 0 Å². The SMILES string of the molecule is OP(O)(O)(c1ccccc1)c1ccccc1.[H-].[Na+]. The van der Waals surface area contributed by atoms with Crippen molar-refractivity contribution in [2.75, 3.05) is 0 Å². The van der Waals surface area contributed by atoms with Crippen molar-refractivity contribution in [3.05, 3.63) is 60.7 Å². The van der Waals surface area contributed by atoms with Crippen molar-refractivity contribution < 1.29 is 45.7 Å². The molecule has 2 aromatic carbocycles. The molecule has 0 aliphatic rings. The average molecular weight is 260 g/mol. The molecule has 0 fully saturated rings. The van der Waals surface area contributed by atoms with Crippen LogP contribution in [0.4, 0.5) is 0 Å². The summed E-state index contributed by atoms with van der Waals surface area (Å²) in [6, 6.07) is 16.1. The molecule has 0 amide bonds. The Morgan fingerprint density at radius 1 is 0.647 bits per heavy atom. The molecule has 0 unspecified atom stereocenters. The summed E-state index contributed by atoms with van der Waals surface area (Å²) in [6.07, 6.45) is 0. The van der Waals surface area contributed by atoms with E-state index in [2.05, 4.69) is 0 Å². The summed E-state index contributed by atoms with van der Waals surface area (Å²) >= 11 is 0. The van der Waals surface area contributed by atoms with Gasteiger partial charge in [-0.1, -0.05) is 0 Å². The normalized spacial score (nSPS) is 13.2. The summed E-state index contributed by atoms with van der Waals surface area (Å²) < 4.78 is 0. The Bertz CT molecular complexity index is 441. The molecule has 5 heteroatoms. The van der Waals surface area contributed by atoms with E-state index >= 15 is 0 Å². The van der Waals surface area contributed by atoms with Gasteiger partial charge in [0.2, 0.25) is 0 Å². The van der Waals surface area contributed by atoms with E-state index in [1.54, 1.807) is 36.4 Å². The zero-order valence-electron chi connectivity index (χ0n) is 10.6. The quantitative estimate of drug-likeness (QED) is 0.433. The first-order chi connectivity index (χ1) is 7.49. The molecule has 0 atom stereocenters. The molecule has 2 rings (SSSR count). The topological polar surface area (TPSA) is 60.7 Å². The van der Waals surface area contributed by atoms with Gasteiger partial charge >= 0.3 is 123 Å². The fourth-order valence-corrected chi connectivity index (χ4v) is 3.29. The first kappa shape index (κ1) is 14.8. The second-order valence-electron chi connectivity index (χ2n) is 3.65. The molecule has 2 aromatic rings. The molecule has 0 saturated carbocycles. The molecule has 0 heterocycles. The molecule has 0 aliphatic heterocycles. The predicted molar refractivity (Wildman–Crippen MR) is 66.8 cm³/mol. The van der Waals surface area contributed by atoms with E-state index in [4.69, 9.17) is 0 Å². The first-order valence-electron chi connectivity index (χ1n) is 4.87. The van der Waals surface area contributed by atoms with Gasteiger partial charge < -0.3 is 1.43 Å². The van der Waals surface area contributed by atoms with Crippen molar-refractivity contribution in [1.29, 1.82) is 0 Å². The minimum absolute atomic E-state index is 0. The van der Waals surface area contributed by atoms with Crippen LogP contribution in [0.3, 0.4) is 0 Å². The van der Waals surface area contributed by atoms with Crippen LogP contribution in [0.1, 0.15) is 1.43 Å². The summed E-state index contributed by atoms with van der Waals surface area (Å²) in [4.78, 5) is 30.5. The van der Waals surface area contributed by atoms with E-state index in [1.807, 2.05) is 0 Å². The molecule has 86 valence electrons. The summed E-state index contributed by atoms with van der Waals surface area (Å²) in [7, 11) is -4.93. The molecule has 0 spiro atoms. The van der Waals surface area contributed by atoms with Gasteiger partial charge in [0.25, 0.3) is 0 Å². The van der Waals surface area contributed by atoms with Crippen LogP contribution in [0, 0.1) is 0 Å². The van der Waals surface area contributed by atoms with Crippen LogP contribution < -0.4 is 40.2 Å². The van der Waals surface area contributed by atoms with Crippen LogP contribution in [0.5, 0.6) is 0 Å². The Morgan fingerprint density at radius 3 is 1.24 bits per heavy atom. The Labute approximate surface area is 124 Å². The van der Waals surface area contributed by atoms with Crippen LogP contribution in [-0.4, -0.2) is 14.7 Å². The number of benzene rings is 2. The Morgan fingerprint density at radius 2 is 0.941 bits per heavy atom. The van der Waals surface area contributed by atoms with Crippen molar-refractivity contribution in [2.45, 2.75) is 0 Å². The molecule has 0 aromatic heterocycles. The summed E-state index contributed by atoms with van der Waals surface area (Å²) in [5.74, 6) is 0. The molecule has 0 bridgehead atoms. The largest absolute Gasteiger partial charge is 1.00 e. The van der Waals surface area contributed by atoms with Crippen molar-refractivity contribution in [3.8, 4) is 0 Å². The van der Waals surface area contributed by atoms with E-state index in [0.29, 0.717) is 0 Å². The van der Waals surface area contributed by atoms with Crippen molar-refractivity contribution in [1.82, 2.24) is 0 Å². The Kier molecular flexibility index (Phi) is 4.50. The van der Waals surface area contributed by atoms with E-state index in [0.717, 1.165) is 0 Å². The maximum atomic E-state index is 10.2. The van der Waals surface area contributed by atoms with Crippen LogP contribution in [0.15, 0.2) is 60.7 Å². The number of hydrogen-bond acceptors (Lipinski definition) is 3. The predicted octanol–water partition coefficient (Wildman–Crippen LogP) is -1.97. The van der Waals surface area contributed by atoms with Gasteiger partial charge in [0.05, 0.1) is 0 Å². The van der Waals surface area contributed by atoms with Crippen LogP contribution >= 0.6 is 7.28 Å². The third-order valence-electron chi connectivity index (χ3n) is 2.46. The first-order valence-corrected chi connectivity index (χ1v) is 6.96. The smallest absolute Gasteiger partial charge is 1.00 e. The van der Waals surface area contributed by atoms with Gasteiger partial charge in [-0.05, 0) is 0 Å². The van der Waals surface area contributed by atoms with Gasteiger partial charge in [-0.3, -0.25) is 0 Å². The van der Waals surface area contributed by atoms with E-state index < -0.39 is 7.28 Å². The van der Waals surface area contributed by atoms with E-state index in [1.165, 1.54) is 24.3 Å². The zero-order valence-corrected chi connectivity index (χ0v) is 12.5. The molecule has 17 heavy (non-hydrogen) atoms. The Hall–Kier alpha value is -0.250. The van der Waals surface area contributed by atoms with Crippen molar-refractivity contribution >= 4 is 17.9 Å². The zero-order chi connectivity index (χ0) is 11.7. The van der Waals surface area contributed by atoms with Gasteiger partial charge in [-0.25, -0.2) is 0 Å². The van der Waals surface area contributed by atoms with Gasteiger partial charge in [-0.2, -0.15) is 0 Å². The second kappa shape index (κ2) is 5.17.